The molecule has 2 N–H and O–H groups in total. The van der Waals surface area contributed by atoms with Crippen LogP contribution in [0.3, 0.4) is 0 Å². The third kappa shape index (κ3) is 2.46. The second-order valence-electron chi connectivity index (χ2n) is 5.23. The largest absolute Gasteiger partial charge is 0.454 e. The van der Waals surface area contributed by atoms with Crippen LogP contribution in [0.15, 0.2) is 47.4 Å². The SMILES string of the molecule is NS(=O)(=O)c1c(Cc2ccccc2)sc2ccc3c(c12)OCO3. The van der Waals surface area contributed by atoms with Crippen molar-refractivity contribution >= 4 is 31.4 Å². The molecule has 3 aromatic rings. The zero-order valence-electron chi connectivity index (χ0n) is 12.0. The van der Waals surface area contributed by atoms with Gasteiger partial charge in [-0.2, -0.15) is 0 Å². The number of nitrogens with two attached hydrogens (primary N) is 1. The van der Waals surface area contributed by atoms with Gasteiger partial charge in [0.05, 0.1) is 5.39 Å². The van der Waals surface area contributed by atoms with Gasteiger partial charge >= 0.3 is 0 Å². The molecular formula is C16H13NO4S2. The van der Waals surface area contributed by atoms with Crippen molar-refractivity contribution in [1.29, 1.82) is 0 Å². The van der Waals surface area contributed by atoms with Crippen LogP contribution in [-0.2, 0) is 16.4 Å². The first-order valence-electron chi connectivity index (χ1n) is 6.95. The maximum atomic E-state index is 12.2. The maximum absolute atomic E-state index is 12.2. The van der Waals surface area contributed by atoms with Gasteiger partial charge in [0, 0.05) is 16.0 Å². The Morgan fingerprint density at radius 2 is 1.87 bits per heavy atom. The molecule has 0 saturated carbocycles. The Bertz CT molecular complexity index is 994. The van der Waals surface area contributed by atoms with Gasteiger partial charge < -0.3 is 9.47 Å². The topological polar surface area (TPSA) is 78.6 Å². The lowest BCUT2D eigenvalue weighted by atomic mass is 10.1. The molecule has 0 atom stereocenters. The van der Waals surface area contributed by atoms with Crippen molar-refractivity contribution < 1.29 is 17.9 Å². The molecule has 23 heavy (non-hydrogen) atoms. The second kappa shape index (κ2) is 5.23. The van der Waals surface area contributed by atoms with Crippen molar-refractivity contribution in [3.05, 3.63) is 52.9 Å². The summed E-state index contributed by atoms with van der Waals surface area (Å²) in [5, 5.41) is 6.02. The van der Waals surface area contributed by atoms with Gasteiger partial charge in [-0.25, -0.2) is 13.6 Å². The van der Waals surface area contributed by atoms with E-state index in [1.807, 2.05) is 36.4 Å². The van der Waals surface area contributed by atoms with E-state index in [1.54, 1.807) is 6.07 Å². The number of benzene rings is 2. The summed E-state index contributed by atoms with van der Waals surface area (Å²) in [5.74, 6) is 1.01. The number of hydrogen-bond donors (Lipinski definition) is 1. The van der Waals surface area contributed by atoms with E-state index in [9.17, 15) is 8.42 Å². The molecule has 4 rings (SSSR count). The lowest BCUT2D eigenvalue weighted by Crippen LogP contribution is -2.13. The minimum Gasteiger partial charge on any atom is -0.454 e. The average molecular weight is 347 g/mol. The molecule has 0 amide bonds. The van der Waals surface area contributed by atoms with E-state index in [4.69, 9.17) is 14.6 Å². The van der Waals surface area contributed by atoms with Crippen LogP contribution in [0.25, 0.3) is 10.1 Å². The first-order valence-corrected chi connectivity index (χ1v) is 9.31. The lowest BCUT2D eigenvalue weighted by molar-refractivity contribution is 0.174. The highest BCUT2D eigenvalue weighted by atomic mass is 32.2. The van der Waals surface area contributed by atoms with E-state index in [0.29, 0.717) is 28.2 Å². The van der Waals surface area contributed by atoms with E-state index in [-0.39, 0.29) is 11.7 Å². The molecule has 0 radical (unpaired) electrons. The fraction of sp³-hybridized carbons (Fsp3) is 0.125. The van der Waals surface area contributed by atoms with E-state index < -0.39 is 10.0 Å². The van der Waals surface area contributed by atoms with Gasteiger partial charge in [0.1, 0.15) is 4.90 Å². The molecule has 0 bridgehead atoms. The number of hydrogen-bond acceptors (Lipinski definition) is 5. The van der Waals surface area contributed by atoms with Gasteiger partial charge in [-0.1, -0.05) is 30.3 Å². The van der Waals surface area contributed by atoms with Crippen LogP contribution in [-0.4, -0.2) is 15.2 Å². The third-order valence-electron chi connectivity index (χ3n) is 3.71. The Morgan fingerprint density at radius 1 is 1.09 bits per heavy atom. The van der Waals surface area contributed by atoms with Crippen LogP contribution < -0.4 is 14.6 Å². The summed E-state index contributed by atoms with van der Waals surface area (Å²) in [4.78, 5) is 0.848. The smallest absolute Gasteiger partial charge is 0.239 e. The molecule has 0 unspecified atom stereocenters. The van der Waals surface area contributed by atoms with Crippen molar-refractivity contribution in [2.75, 3.05) is 6.79 Å². The summed E-state index contributed by atoms with van der Waals surface area (Å²) < 4.78 is 36.1. The Morgan fingerprint density at radius 3 is 2.61 bits per heavy atom. The summed E-state index contributed by atoms with van der Waals surface area (Å²) in [6, 6.07) is 13.3. The minimum absolute atomic E-state index is 0.0857. The molecule has 0 fully saturated rings. The number of ether oxygens (including phenoxy) is 2. The fourth-order valence-electron chi connectivity index (χ4n) is 2.77. The highest BCUT2D eigenvalue weighted by molar-refractivity contribution is 7.89. The fourth-order valence-corrected chi connectivity index (χ4v) is 5.32. The zero-order valence-corrected chi connectivity index (χ0v) is 13.6. The summed E-state index contributed by atoms with van der Waals surface area (Å²) in [5.41, 5.74) is 1.03. The van der Waals surface area contributed by atoms with Gasteiger partial charge in [0.2, 0.25) is 16.8 Å². The molecule has 118 valence electrons. The highest BCUT2D eigenvalue weighted by Gasteiger charge is 2.28. The molecule has 1 aromatic heterocycles. The summed E-state index contributed by atoms with van der Waals surface area (Å²) in [6.45, 7) is 0.0857. The van der Waals surface area contributed by atoms with Gasteiger partial charge in [-0.05, 0) is 17.7 Å². The number of rotatable bonds is 3. The molecule has 1 aliphatic heterocycles. The Kier molecular flexibility index (Phi) is 3.29. The lowest BCUT2D eigenvalue weighted by Gasteiger charge is -2.04. The highest BCUT2D eigenvalue weighted by Crippen LogP contribution is 2.46. The Labute approximate surface area is 137 Å². The molecule has 5 nitrogen and oxygen atoms in total. The third-order valence-corrected chi connectivity index (χ3v) is 6.01. The summed E-state index contributed by atoms with van der Waals surface area (Å²) in [6.07, 6.45) is 0.502. The molecule has 0 aliphatic carbocycles. The van der Waals surface area contributed by atoms with Crippen LogP contribution in [0.1, 0.15) is 10.4 Å². The van der Waals surface area contributed by atoms with Crippen molar-refractivity contribution in [2.24, 2.45) is 5.14 Å². The number of primary sulfonamides is 1. The van der Waals surface area contributed by atoms with E-state index in [0.717, 1.165) is 10.3 Å². The molecule has 2 heterocycles. The number of thiophene rings is 1. The first-order chi connectivity index (χ1) is 11.0. The molecule has 0 spiro atoms. The van der Waals surface area contributed by atoms with Gasteiger partial charge in [-0.3, -0.25) is 0 Å². The van der Waals surface area contributed by atoms with Crippen molar-refractivity contribution in [2.45, 2.75) is 11.3 Å². The monoisotopic (exact) mass is 347 g/mol. The predicted octanol–water partition coefficient (Wildman–Crippen LogP) is 2.87. The van der Waals surface area contributed by atoms with Crippen LogP contribution >= 0.6 is 11.3 Å². The maximum Gasteiger partial charge on any atom is 0.239 e. The van der Waals surface area contributed by atoms with Gasteiger partial charge in [0.25, 0.3) is 0 Å². The molecular weight excluding hydrogens is 334 g/mol. The van der Waals surface area contributed by atoms with Crippen LogP contribution in [0.5, 0.6) is 11.5 Å². The standard InChI is InChI=1S/C16H13NO4S2/c17-23(18,19)16-13(8-10-4-2-1-3-5-10)22-12-7-6-11-15(14(12)16)21-9-20-11/h1-7H,8-9H2,(H2,17,18,19). The molecule has 7 heteroatoms. The van der Waals surface area contributed by atoms with Gasteiger partial charge in [-0.15, -0.1) is 11.3 Å². The summed E-state index contributed by atoms with van der Waals surface area (Å²) in [7, 11) is -3.88. The number of fused-ring (bicyclic) bond motifs is 3. The van der Waals surface area contributed by atoms with Crippen molar-refractivity contribution in [1.82, 2.24) is 0 Å². The predicted molar refractivity (Wildman–Crippen MR) is 88.6 cm³/mol. The Hall–Kier alpha value is -2.09. The van der Waals surface area contributed by atoms with E-state index in [1.165, 1.54) is 11.3 Å². The van der Waals surface area contributed by atoms with E-state index in [2.05, 4.69) is 0 Å². The summed E-state index contributed by atoms with van der Waals surface area (Å²) >= 11 is 1.42. The number of sulfonamides is 1. The second-order valence-corrected chi connectivity index (χ2v) is 7.87. The van der Waals surface area contributed by atoms with Crippen LogP contribution in [0, 0.1) is 0 Å². The molecule has 1 aliphatic rings. The normalized spacial score (nSPS) is 13.6. The van der Waals surface area contributed by atoms with E-state index >= 15 is 0 Å². The average Bonchev–Trinajstić information content (AvgIpc) is 3.10. The minimum atomic E-state index is -3.88. The van der Waals surface area contributed by atoms with Crippen molar-refractivity contribution in [3.8, 4) is 11.5 Å². The van der Waals surface area contributed by atoms with Crippen LogP contribution in [0.4, 0.5) is 0 Å². The van der Waals surface area contributed by atoms with Gasteiger partial charge in [0.15, 0.2) is 11.5 Å². The van der Waals surface area contributed by atoms with Crippen LogP contribution in [0.2, 0.25) is 0 Å². The first kappa shape index (κ1) is 14.5. The quantitative estimate of drug-likeness (QED) is 0.790. The molecule has 2 aromatic carbocycles. The Balaban J connectivity index is 1.98. The van der Waals surface area contributed by atoms with Crippen molar-refractivity contribution in [3.63, 3.8) is 0 Å². The zero-order chi connectivity index (χ0) is 16.0. The molecule has 0 saturated heterocycles.